The number of hydrogen-bond donors (Lipinski definition) is 1. The van der Waals surface area contributed by atoms with Crippen molar-refractivity contribution in [3.63, 3.8) is 0 Å². The Morgan fingerprint density at radius 1 is 1.00 bits per heavy atom. The maximum absolute atomic E-state index is 14.0. The standard InChI is InChI=1S/C28H38N4O5/c1-19-10-12-20(13-11-19)25(33)32(22-14-16-30(17-15-22)27(36)37-28(2,3)4)24-23(26(34)35)18-31(29-24)21-8-6-5-7-9-21/h5-9,18-20,22H,10-17H2,1-4H3,(H,34,35)/t19-,20-. The van der Waals surface area contributed by atoms with E-state index in [1.54, 1.807) is 9.80 Å². The van der Waals surface area contributed by atoms with Gasteiger partial charge in [-0.05, 0) is 77.3 Å². The molecule has 1 aliphatic heterocycles. The normalized spacial score (nSPS) is 20.9. The monoisotopic (exact) mass is 510 g/mol. The van der Waals surface area contributed by atoms with Gasteiger partial charge in [-0.15, -0.1) is 5.10 Å². The van der Waals surface area contributed by atoms with Gasteiger partial charge in [0.05, 0.1) is 5.69 Å². The molecule has 1 saturated carbocycles. The summed E-state index contributed by atoms with van der Waals surface area (Å²) >= 11 is 0. The van der Waals surface area contributed by atoms with E-state index in [4.69, 9.17) is 4.74 Å². The lowest BCUT2D eigenvalue weighted by atomic mass is 9.82. The molecule has 200 valence electrons. The summed E-state index contributed by atoms with van der Waals surface area (Å²) in [5, 5.41) is 14.7. The number of likely N-dealkylation sites (tertiary alicyclic amines) is 1. The van der Waals surface area contributed by atoms with Crippen LogP contribution in [0.15, 0.2) is 36.5 Å². The van der Waals surface area contributed by atoms with Crippen molar-refractivity contribution in [1.29, 1.82) is 0 Å². The number of carbonyl (C=O) groups excluding carboxylic acids is 2. The van der Waals surface area contributed by atoms with Gasteiger partial charge in [0.15, 0.2) is 5.82 Å². The molecule has 2 aliphatic rings. The second kappa shape index (κ2) is 10.9. The van der Waals surface area contributed by atoms with Gasteiger partial charge >= 0.3 is 12.1 Å². The number of carboxylic acid groups (broad SMARTS) is 1. The van der Waals surface area contributed by atoms with Crippen molar-refractivity contribution >= 4 is 23.8 Å². The molecular weight excluding hydrogens is 472 g/mol. The van der Waals surface area contributed by atoms with Crippen LogP contribution in [0, 0.1) is 11.8 Å². The molecule has 1 N–H and O–H groups in total. The maximum atomic E-state index is 14.0. The average Bonchev–Trinajstić information content (AvgIpc) is 3.30. The van der Waals surface area contributed by atoms with Gasteiger partial charge < -0.3 is 14.7 Å². The second-order valence-electron chi connectivity index (χ2n) is 11.3. The number of anilines is 1. The third-order valence-corrected chi connectivity index (χ3v) is 7.26. The Balaban J connectivity index is 1.64. The van der Waals surface area contributed by atoms with Crippen LogP contribution in [0.3, 0.4) is 0 Å². The van der Waals surface area contributed by atoms with Gasteiger partial charge in [0, 0.05) is 31.2 Å². The Hall–Kier alpha value is -3.36. The number of nitrogens with zero attached hydrogens (tertiary/aromatic N) is 4. The zero-order chi connectivity index (χ0) is 26.7. The largest absolute Gasteiger partial charge is 0.477 e. The quantitative estimate of drug-likeness (QED) is 0.598. The topological polar surface area (TPSA) is 105 Å². The summed E-state index contributed by atoms with van der Waals surface area (Å²) < 4.78 is 7.05. The molecule has 9 nitrogen and oxygen atoms in total. The van der Waals surface area contributed by atoms with Crippen LogP contribution in [0.25, 0.3) is 5.69 Å². The first-order valence-electron chi connectivity index (χ1n) is 13.2. The van der Waals surface area contributed by atoms with Gasteiger partial charge in [-0.3, -0.25) is 9.69 Å². The molecule has 1 aliphatic carbocycles. The summed E-state index contributed by atoms with van der Waals surface area (Å²) in [5.74, 6) is -0.595. The molecule has 0 atom stereocenters. The van der Waals surface area contributed by atoms with Crippen molar-refractivity contribution in [1.82, 2.24) is 14.7 Å². The summed E-state index contributed by atoms with van der Waals surface area (Å²) in [6.07, 6.45) is 5.68. The average molecular weight is 511 g/mol. The molecule has 1 saturated heterocycles. The molecule has 4 rings (SSSR count). The van der Waals surface area contributed by atoms with Crippen LogP contribution in [0.4, 0.5) is 10.6 Å². The molecule has 1 aromatic carbocycles. The molecule has 0 bridgehead atoms. The van der Waals surface area contributed by atoms with Crippen molar-refractivity contribution in [3.05, 3.63) is 42.1 Å². The Morgan fingerprint density at radius 2 is 1.62 bits per heavy atom. The van der Waals surface area contributed by atoms with Crippen molar-refractivity contribution in [2.24, 2.45) is 11.8 Å². The minimum absolute atomic E-state index is 0.00375. The third kappa shape index (κ3) is 6.32. The summed E-state index contributed by atoms with van der Waals surface area (Å²) in [5.41, 5.74) is 0.125. The molecule has 1 aromatic heterocycles. The van der Waals surface area contributed by atoms with E-state index in [-0.39, 0.29) is 35.3 Å². The Morgan fingerprint density at radius 3 is 2.19 bits per heavy atom. The Bertz CT molecular complexity index is 1110. The second-order valence-corrected chi connectivity index (χ2v) is 11.3. The first kappa shape index (κ1) is 26.7. The number of ether oxygens (including phenoxy) is 1. The highest BCUT2D eigenvalue weighted by atomic mass is 16.6. The highest BCUT2D eigenvalue weighted by Gasteiger charge is 2.39. The van der Waals surface area contributed by atoms with Gasteiger partial charge in [0.25, 0.3) is 0 Å². The number of aromatic nitrogens is 2. The van der Waals surface area contributed by atoms with Crippen LogP contribution < -0.4 is 4.90 Å². The van der Waals surface area contributed by atoms with Crippen molar-refractivity contribution < 1.29 is 24.2 Å². The highest BCUT2D eigenvalue weighted by Crippen LogP contribution is 2.34. The van der Waals surface area contributed by atoms with E-state index < -0.39 is 11.6 Å². The molecule has 2 fully saturated rings. The zero-order valence-electron chi connectivity index (χ0n) is 22.2. The number of carboxylic acids is 1. The number of piperidine rings is 1. The number of aromatic carboxylic acids is 1. The predicted molar refractivity (Wildman–Crippen MR) is 140 cm³/mol. The fourth-order valence-corrected chi connectivity index (χ4v) is 5.20. The number of hydrogen-bond acceptors (Lipinski definition) is 5. The maximum Gasteiger partial charge on any atom is 0.410 e. The number of benzene rings is 1. The summed E-state index contributed by atoms with van der Waals surface area (Å²) in [7, 11) is 0. The Kier molecular flexibility index (Phi) is 7.90. The number of carbonyl (C=O) groups is 3. The van der Waals surface area contributed by atoms with Crippen molar-refractivity contribution in [2.75, 3.05) is 18.0 Å². The minimum atomic E-state index is -1.13. The lowest BCUT2D eigenvalue weighted by Crippen LogP contribution is -2.52. The smallest absolute Gasteiger partial charge is 0.410 e. The van der Waals surface area contributed by atoms with E-state index in [0.717, 1.165) is 31.4 Å². The first-order valence-corrected chi connectivity index (χ1v) is 13.2. The van der Waals surface area contributed by atoms with E-state index in [1.165, 1.54) is 10.9 Å². The number of amides is 2. The third-order valence-electron chi connectivity index (χ3n) is 7.26. The fourth-order valence-electron chi connectivity index (χ4n) is 5.20. The lowest BCUT2D eigenvalue weighted by Gasteiger charge is -2.40. The van der Waals surface area contributed by atoms with Crippen LogP contribution >= 0.6 is 0 Å². The first-order chi connectivity index (χ1) is 17.5. The van der Waals surface area contributed by atoms with E-state index in [1.807, 2.05) is 51.1 Å². The fraction of sp³-hybridized carbons (Fsp3) is 0.571. The van der Waals surface area contributed by atoms with Crippen LogP contribution in [0.2, 0.25) is 0 Å². The van der Waals surface area contributed by atoms with Crippen molar-refractivity contribution in [3.8, 4) is 5.69 Å². The minimum Gasteiger partial charge on any atom is -0.477 e. The van der Waals surface area contributed by atoms with Gasteiger partial charge in [-0.25, -0.2) is 14.3 Å². The van der Waals surface area contributed by atoms with Gasteiger partial charge in [0.1, 0.15) is 11.2 Å². The molecular formula is C28H38N4O5. The summed E-state index contributed by atoms with van der Waals surface area (Å²) in [6, 6.07) is 9.02. The summed E-state index contributed by atoms with van der Waals surface area (Å²) in [4.78, 5) is 42.2. The predicted octanol–water partition coefficient (Wildman–Crippen LogP) is 5.13. The molecule has 2 heterocycles. The zero-order valence-corrected chi connectivity index (χ0v) is 22.2. The van der Waals surface area contributed by atoms with Crippen LogP contribution in [-0.2, 0) is 9.53 Å². The highest BCUT2D eigenvalue weighted by molar-refractivity contribution is 6.02. The molecule has 0 spiro atoms. The van der Waals surface area contributed by atoms with Gasteiger partial charge in [0.2, 0.25) is 5.91 Å². The van der Waals surface area contributed by atoms with Gasteiger partial charge in [-0.1, -0.05) is 25.1 Å². The molecule has 37 heavy (non-hydrogen) atoms. The summed E-state index contributed by atoms with van der Waals surface area (Å²) in [6.45, 7) is 8.55. The van der Waals surface area contributed by atoms with Crippen molar-refractivity contribution in [2.45, 2.75) is 77.9 Å². The van der Waals surface area contributed by atoms with E-state index >= 15 is 0 Å². The molecule has 2 aromatic rings. The Labute approximate surface area is 218 Å². The van der Waals surface area contributed by atoms with Crippen LogP contribution in [0.5, 0.6) is 0 Å². The number of para-hydroxylation sites is 1. The molecule has 0 radical (unpaired) electrons. The number of rotatable bonds is 5. The molecule has 2 amide bonds. The van der Waals surface area contributed by atoms with E-state index in [2.05, 4.69) is 12.0 Å². The molecule has 0 unspecified atom stereocenters. The van der Waals surface area contributed by atoms with Crippen LogP contribution in [0.1, 0.15) is 76.6 Å². The SMILES string of the molecule is CC(C)(C)OC(=O)N1CCC(N(c2nn(-c3ccccc3)cc2C(=O)O)C(=O)[C@H]2CC[C@H](C)CC2)CC1. The van der Waals surface area contributed by atoms with Crippen LogP contribution in [-0.4, -0.2) is 62.5 Å². The lowest BCUT2D eigenvalue weighted by molar-refractivity contribution is -0.124. The van der Waals surface area contributed by atoms with Gasteiger partial charge in [-0.2, -0.15) is 0 Å². The molecule has 9 heteroatoms. The van der Waals surface area contributed by atoms with E-state index in [0.29, 0.717) is 31.8 Å². The van der Waals surface area contributed by atoms with E-state index in [9.17, 15) is 19.5 Å².